The summed E-state index contributed by atoms with van der Waals surface area (Å²) >= 11 is 4.55. The molecule has 0 unspecified atom stereocenters. The zero-order valence-corrected chi connectivity index (χ0v) is 14.4. The maximum atomic E-state index is 12.0. The highest BCUT2D eigenvalue weighted by molar-refractivity contribution is 8.13. The molecular weight excluding hydrogens is 338 g/mol. The summed E-state index contributed by atoms with van der Waals surface area (Å²) in [4.78, 5) is 29.7. The number of fused-ring (bicyclic) bond motifs is 1. The van der Waals surface area contributed by atoms with Crippen molar-refractivity contribution in [3.63, 3.8) is 0 Å². The van der Waals surface area contributed by atoms with Gasteiger partial charge in [-0.05, 0) is 24.5 Å². The Morgan fingerprint density at radius 2 is 2.36 bits per heavy atom. The molecule has 1 fully saturated rings. The summed E-state index contributed by atoms with van der Waals surface area (Å²) in [5.41, 5.74) is 1.72. The number of thiazole rings is 1. The molecule has 2 heterocycles. The van der Waals surface area contributed by atoms with Crippen LogP contribution in [-0.4, -0.2) is 46.1 Å². The molecule has 1 saturated heterocycles. The van der Waals surface area contributed by atoms with Crippen LogP contribution in [-0.2, 0) is 4.79 Å². The fourth-order valence-electron chi connectivity index (χ4n) is 2.16. The van der Waals surface area contributed by atoms with Gasteiger partial charge in [-0.3, -0.25) is 9.59 Å². The Labute approximate surface area is 140 Å². The molecule has 22 heavy (non-hydrogen) atoms. The Bertz CT molecular complexity index is 716. The minimum absolute atomic E-state index is 0.0707. The fraction of sp³-hybridized carbons (Fsp3) is 0.357. The summed E-state index contributed by atoms with van der Waals surface area (Å²) < 4.78 is 2.08. The number of carbonyl (C=O) groups excluding carboxylic acids is 2. The molecule has 0 radical (unpaired) electrons. The molecule has 5 nitrogen and oxygen atoms in total. The Balaban J connectivity index is 1.59. The van der Waals surface area contributed by atoms with Gasteiger partial charge in [-0.2, -0.15) is 0 Å². The summed E-state index contributed by atoms with van der Waals surface area (Å²) in [5.74, 6) is 0.749. The average Bonchev–Trinajstić information content (AvgIpc) is 3.10. The van der Waals surface area contributed by atoms with Crippen molar-refractivity contribution in [1.82, 2.24) is 9.88 Å². The maximum Gasteiger partial charge on any atom is 0.281 e. The van der Waals surface area contributed by atoms with Gasteiger partial charge in [0.15, 0.2) is 4.34 Å². The average molecular weight is 353 g/mol. The van der Waals surface area contributed by atoms with Crippen molar-refractivity contribution >= 4 is 61.9 Å². The summed E-state index contributed by atoms with van der Waals surface area (Å²) in [7, 11) is 0. The third-order valence-corrected chi connectivity index (χ3v) is 6.18. The number of benzene rings is 1. The van der Waals surface area contributed by atoms with E-state index in [4.69, 9.17) is 0 Å². The van der Waals surface area contributed by atoms with Crippen molar-refractivity contribution < 1.29 is 9.59 Å². The summed E-state index contributed by atoms with van der Waals surface area (Å²) in [6.45, 7) is 1.22. The molecule has 0 spiro atoms. The van der Waals surface area contributed by atoms with Gasteiger partial charge in [-0.1, -0.05) is 23.5 Å². The molecule has 0 saturated carbocycles. The lowest BCUT2D eigenvalue weighted by molar-refractivity contribution is -0.116. The molecule has 2 amide bonds. The van der Waals surface area contributed by atoms with Gasteiger partial charge in [0.1, 0.15) is 0 Å². The minimum atomic E-state index is -0.0707. The van der Waals surface area contributed by atoms with Crippen molar-refractivity contribution in [3.05, 3.63) is 18.2 Å². The number of amides is 2. The van der Waals surface area contributed by atoms with Crippen LogP contribution in [0.4, 0.5) is 10.5 Å². The van der Waals surface area contributed by atoms with E-state index < -0.39 is 0 Å². The van der Waals surface area contributed by atoms with Crippen LogP contribution in [0, 0.1) is 0 Å². The molecule has 1 N–H and O–H groups in total. The van der Waals surface area contributed by atoms with Crippen molar-refractivity contribution in [1.29, 1.82) is 0 Å². The summed E-state index contributed by atoms with van der Waals surface area (Å²) in [5, 5.41) is 2.96. The highest BCUT2D eigenvalue weighted by Gasteiger charge is 2.21. The lowest BCUT2D eigenvalue weighted by atomic mass is 10.3. The van der Waals surface area contributed by atoms with E-state index in [-0.39, 0.29) is 11.1 Å². The lowest BCUT2D eigenvalue weighted by Gasteiger charge is -2.13. The number of rotatable bonds is 5. The van der Waals surface area contributed by atoms with Crippen LogP contribution < -0.4 is 5.32 Å². The number of carbonyl (C=O) groups is 2. The molecule has 1 aliphatic heterocycles. The molecule has 2 aromatic rings. The zero-order chi connectivity index (χ0) is 15.5. The van der Waals surface area contributed by atoms with Crippen LogP contribution >= 0.6 is 34.9 Å². The third kappa shape index (κ3) is 3.56. The first-order valence-corrected chi connectivity index (χ1v) is 9.84. The van der Waals surface area contributed by atoms with E-state index in [1.807, 2.05) is 24.5 Å². The maximum absolute atomic E-state index is 12.0. The van der Waals surface area contributed by atoms with E-state index >= 15 is 0 Å². The van der Waals surface area contributed by atoms with E-state index in [1.165, 1.54) is 11.8 Å². The van der Waals surface area contributed by atoms with E-state index in [0.29, 0.717) is 13.0 Å². The van der Waals surface area contributed by atoms with Gasteiger partial charge < -0.3 is 10.2 Å². The van der Waals surface area contributed by atoms with E-state index in [1.54, 1.807) is 28.0 Å². The predicted molar refractivity (Wildman–Crippen MR) is 94.1 cm³/mol. The number of nitrogens with one attached hydrogen (secondary N) is 1. The lowest BCUT2D eigenvalue weighted by Crippen LogP contribution is -2.27. The molecule has 1 aliphatic rings. The Morgan fingerprint density at radius 1 is 1.50 bits per heavy atom. The van der Waals surface area contributed by atoms with Gasteiger partial charge in [0.05, 0.1) is 10.2 Å². The minimum Gasteiger partial charge on any atom is -0.332 e. The smallest absolute Gasteiger partial charge is 0.281 e. The Hall–Kier alpha value is -1.25. The van der Waals surface area contributed by atoms with Gasteiger partial charge in [0.2, 0.25) is 5.91 Å². The molecule has 1 aromatic heterocycles. The first kappa shape index (κ1) is 15.6. The van der Waals surface area contributed by atoms with E-state index in [9.17, 15) is 9.59 Å². The standard InChI is InChI=1S/C14H15N3O2S3/c1-20-13-16-10-3-2-9(8-11(10)22-13)15-12(18)4-5-17-6-7-21-14(17)19/h2-3,8H,4-7H2,1H3,(H,15,18). The third-order valence-electron chi connectivity index (χ3n) is 3.28. The molecule has 3 rings (SSSR count). The molecular formula is C14H15N3O2S3. The summed E-state index contributed by atoms with van der Waals surface area (Å²) in [6, 6.07) is 5.73. The molecule has 0 aliphatic carbocycles. The van der Waals surface area contributed by atoms with Crippen LogP contribution in [0.15, 0.2) is 22.5 Å². The largest absolute Gasteiger partial charge is 0.332 e. The van der Waals surface area contributed by atoms with Gasteiger partial charge in [-0.15, -0.1) is 11.3 Å². The van der Waals surface area contributed by atoms with Gasteiger partial charge >= 0.3 is 0 Å². The van der Waals surface area contributed by atoms with Gasteiger partial charge in [0.25, 0.3) is 5.24 Å². The zero-order valence-electron chi connectivity index (χ0n) is 12.0. The normalized spacial score (nSPS) is 14.8. The first-order valence-electron chi connectivity index (χ1n) is 6.82. The molecule has 0 bridgehead atoms. The highest BCUT2D eigenvalue weighted by Crippen LogP contribution is 2.30. The number of aromatic nitrogens is 1. The van der Waals surface area contributed by atoms with Crippen molar-refractivity contribution in [2.45, 2.75) is 10.8 Å². The van der Waals surface area contributed by atoms with Crippen LogP contribution in [0.1, 0.15) is 6.42 Å². The van der Waals surface area contributed by atoms with E-state index in [2.05, 4.69) is 10.3 Å². The van der Waals surface area contributed by atoms with Crippen molar-refractivity contribution in [2.75, 3.05) is 30.4 Å². The Morgan fingerprint density at radius 3 is 3.09 bits per heavy atom. The molecule has 0 atom stereocenters. The monoisotopic (exact) mass is 353 g/mol. The summed E-state index contributed by atoms with van der Waals surface area (Å²) in [6.07, 6.45) is 2.32. The number of hydrogen-bond acceptors (Lipinski definition) is 6. The van der Waals surface area contributed by atoms with Crippen LogP contribution in [0.3, 0.4) is 0 Å². The van der Waals surface area contributed by atoms with Gasteiger partial charge in [-0.25, -0.2) is 4.98 Å². The molecule has 8 heteroatoms. The molecule has 1 aromatic carbocycles. The Kier molecular flexibility index (Phi) is 4.90. The number of anilines is 1. The van der Waals surface area contributed by atoms with Crippen LogP contribution in [0.5, 0.6) is 0 Å². The van der Waals surface area contributed by atoms with Crippen molar-refractivity contribution in [2.24, 2.45) is 0 Å². The second-order valence-corrected chi connectivity index (χ2v) is 7.90. The number of thioether (sulfide) groups is 2. The highest BCUT2D eigenvalue weighted by atomic mass is 32.2. The van der Waals surface area contributed by atoms with Gasteiger partial charge in [0, 0.05) is 31.0 Å². The topological polar surface area (TPSA) is 62.3 Å². The second kappa shape index (κ2) is 6.89. The second-order valence-electron chi connectivity index (χ2n) is 4.77. The van der Waals surface area contributed by atoms with Crippen LogP contribution in [0.25, 0.3) is 10.2 Å². The fourth-order valence-corrected chi connectivity index (χ4v) is 4.54. The quantitative estimate of drug-likeness (QED) is 0.834. The number of hydrogen-bond donors (Lipinski definition) is 1. The van der Waals surface area contributed by atoms with Crippen molar-refractivity contribution in [3.8, 4) is 0 Å². The van der Waals surface area contributed by atoms with Crippen LogP contribution in [0.2, 0.25) is 0 Å². The predicted octanol–water partition coefficient (Wildman–Crippen LogP) is 3.52. The first-order chi connectivity index (χ1) is 10.7. The van der Waals surface area contributed by atoms with E-state index in [0.717, 1.165) is 32.5 Å². The SMILES string of the molecule is CSc1nc2ccc(NC(=O)CCN3CCSC3=O)cc2s1. The number of nitrogens with zero attached hydrogens (tertiary/aromatic N) is 2. The molecule has 116 valence electrons.